The molecular weight excluding hydrogens is 243 g/mol. The Morgan fingerprint density at radius 3 is 2.63 bits per heavy atom. The number of halogens is 1. The van der Waals surface area contributed by atoms with E-state index < -0.39 is 0 Å². The number of carbonyl (C=O) groups excluding carboxylic acids is 1. The zero-order valence-corrected chi connectivity index (χ0v) is 10.4. The summed E-state index contributed by atoms with van der Waals surface area (Å²) in [7, 11) is 0. The average molecular weight is 254 g/mol. The molecule has 0 saturated carbocycles. The standard InChI is InChI=1S/C15H11FN2O/c1-9-6-7-17-15-14(9)13(19)8-12(18-15)10-2-4-11(16)5-3-10/h2-7H,8H2,1H3. The summed E-state index contributed by atoms with van der Waals surface area (Å²) in [6.07, 6.45) is 1.86. The van der Waals surface area contributed by atoms with Crippen LogP contribution in [0.25, 0.3) is 0 Å². The van der Waals surface area contributed by atoms with Gasteiger partial charge in [-0.25, -0.2) is 14.4 Å². The Labute approximate surface area is 109 Å². The molecule has 0 fully saturated rings. The van der Waals surface area contributed by atoms with Gasteiger partial charge in [-0.05, 0) is 36.2 Å². The minimum Gasteiger partial charge on any atom is -0.294 e. The molecule has 0 unspecified atom stereocenters. The van der Waals surface area contributed by atoms with Crippen molar-refractivity contribution < 1.29 is 9.18 Å². The Morgan fingerprint density at radius 1 is 1.16 bits per heavy atom. The van der Waals surface area contributed by atoms with Crippen LogP contribution in [-0.4, -0.2) is 16.5 Å². The number of Topliss-reactive ketones (excluding diaryl/α,β-unsaturated/α-hetero) is 1. The van der Waals surface area contributed by atoms with Crippen LogP contribution < -0.4 is 0 Å². The summed E-state index contributed by atoms with van der Waals surface area (Å²) in [6, 6.07) is 7.78. The Morgan fingerprint density at radius 2 is 1.89 bits per heavy atom. The van der Waals surface area contributed by atoms with Gasteiger partial charge in [0.25, 0.3) is 0 Å². The van der Waals surface area contributed by atoms with Crippen molar-refractivity contribution in [2.45, 2.75) is 13.3 Å². The molecule has 94 valence electrons. The number of benzene rings is 1. The highest BCUT2D eigenvalue weighted by Crippen LogP contribution is 2.27. The third-order valence-corrected chi connectivity index (χ3v) is 3.16. The van der Waals surface area contributed by atoms with Crippen LogP contribution >= 0.6 is 0 Å². The van der Waals surface area contributed by atoms with Gasteiger partial charge in [-0.1, -0.05) is 12.1 Å². The fourth-order valence-corrected chi connectivity index (χ4v) is 2.19. The first-order chi connectivity index (χ1) is 9.15. The second-order valence-electron chi connectivity index (χ2n) is 4.49. The SMILES string of the molecule is Cc1ccnc2c1C(=O)CC(c1ccc(F)cc1)=N2. The van der Waals surface area contributed by atoms with Crippen LogP contribution in [-0.2, 0) is 0 Å². The number of pyridine rings is 1. The number of aliphatic imine (C=N–C) groups is 1. The lowest BCUT2D eigenvalue weighted by atomic mass is 9.95. The molecule has 19 heavy (non-hydrogen) atoms. The summed E-state index contributed by atoms with van der Waals surface area (Å²) in [5.74, 6) is 0.159. The van der Waals surface area contributed by atoms with Gasteiger partial charge in [0.2, 0.25) is 0 Å². The van der Waals surface area contributed by atoms with E-state index in [1.807, 2.05) is 6.92 Å². The lowest BCUT2D eigenvalue weighted by Gasteiger charge is -2.15. The topological polar surface area (TPSA) is 42.3 Å². The zero-order valence-electron chi connectivity index (χ0n) is 10.4. The smallest absolute Gasteiger partial charge is 0.172 e. The third kappa shape index (κ3) is 2.05. The minimum atomic E-state index is -0.305. The van der Waals surface area contributed by atoms with Crippen molar-refractivity contribution in [2.75, 3.05) is 0 Å². The second kappa shape index (κ2) is 4.39. The first kappa shape index (κ1) is 11.7. The van der Waals surface area contributed by atoms with Gasteiger partial charge in [-0.2, -0.15) is 0 Å². The van der Waals surface area contributed by atoms with Crippen LogP contribution in [0.5, 0.6) is 0 Å². The van der Waals surface area contributed by atoms with Crippen molar-refractivity contribution >= 4 is 17.3 Å². The van der Waals surface area contributed by atoms with Crippen LogP contribution in [0.3, 0.4) is 0 Å². The molecule has 3 rings (SSSR count). The molecule has 1 aliphatic heterocycles. The Hall–Kier alpha value is -2.36. The van der Waals surface area contributed by atoms with E-state index in [2.05, 4.69) is 9.98 Å². The molecule has 0 radical (unpaired) electrons. The molecule has 2 heterocycles. The highest BCUT2D eigenvalue weighted by molar-refractivity contribution is 6.20. The molecule has 0 N–H and O–H groups in total. The van der Waals surface area contributed by atoms with Crippen molar-refractivity contribution in [1.82, 2.24) is 4.98 Å². The lowest BCUT2D eigenvalue weighted by Crippen LogP contribution is -2.16. The van der Waals surface area contributed by atoms with Crippen molar-refractivity contribution in [3.8, 4) is 0 Å². The molecule has 0 spiro atoms. The number of ketones is 1. The summed E-state index contributed by atoms with van der Waals surface area (Å²) in [5.41, 5.74) is 2.87. The fraction of sp³-hybridized carbons (Fsp3) is 0.133. The van der Waals surface area contributed by atoms with E-state index in [4.69, 9.17) is 0 Å². The maximum Gasteiger partial charge on any atom is 0.172 e. The molecule has 0 aliphatic carbocycles. The molecule has 0 atom stereocenters. The molecule has 3 nitrogen and oxygen atoms in total. The van der Waals surface area contributed by atoms with Gasteiger partial charge in [0.05, 0.1) is 17.7 Å². The quantitative estimate of drug-likeness (QED) is 0.784. The number of aryl methyl sites for hydroxylation is 1. The summed E-state index contributed by atoms with van der Waals surface area (Å²) < 4.78 is 12.9. The number of carbonyl (C=O) groups is 1. The van der Waals surface area contributed by atoms with Gasteiger partial charge >= 0.3 is 0 Å². The van der Waals surface area contributed by atoms with E-state index in [-0.39, 0.29) is 18.0 Å². The maximum atomic E-state index is 12.9. The van der Waals surface area contributed by atoms with Gasteiger partial charge in [-0.15, -0.1) is 0 Å². The Balaban J connectivity index is 2.11. The Bertz CT molecular complexity index is 690. The molecule has 0 amide bonds. The molecule has 2 aromatic rings. The van der Waals surface area contributed by atoms with E-state index in [9.17, 15) is 9.18 Å². The summed E-state index contributed by atoms with van der Waals surface area (Å²) in [5, 5.41) is 0. The molecule has 4 heteroatoms. The van der Waals surface area contributed by atoms with Gasteiger partial charge in [0.15, 0.2) is 11.6 Å². The summed E-state index contributed by atoms with van der Waals surface area (Å²) in [6.45, 7) is 1.87. The largest absolute Gasteiger partial charge is 0.294 e. The van der Waals surface area contributed by atoms with E-state index in [0.29, 0.717) is 17.1 Å². The average Bonchev–Trinajstić information content (AvgIpc) is 2.39. The van der Waals surface area contributed by atoms with Crippen LogP contribution in [0.1, 0.15) is 27.9 Å². The van der Waals surface area contributed by atoms with Crippen LogP contribution in [0.4, 0.5) is 10.2 Å². The van der Waals surface area contributed by atoms with Crippen molar-refractivity contribution in [3.63, 3.8) is 0 Å². The predicted molar refractivity (Wildman–Crippen MR) is 70.5 cm³/mol. The molecule has 0 saturated heterocycles. The van der Waals surface area contributed by atoms with E-state index >= 15 is 0 Å². The molecule has 0 bridgehead atoms. The molecule has 1 aliphatic rings. The predicted octanol–water partition coefficient (Wildman–Crippen LogP) is 3.24. The number of fused-ring (bicyclic) bond motifs is 1. The first-order valence-corrected chi connectivity index (χ1v) is 5.97. The monoisotopic (exact) mass is 254 g/mol. The second-order valence-corrected chi connectivity index (χ2v) is 4.49. The number of aromatic nitrogens is 1. The van der Waals surface area contributed by atoms with Crippen LogP contribution in [0.15, 0.2) is 41.5 Å². The highest BCUT2D eigenvalue weighted by Gasteiger charge is 2.23. The van der Waals surface area contributed by atoms with E-state index in [0.717, 1.165) is 11.1 Å². The van der Waals surface area contributed by atoms with Crippen molar-refractivity contribution in [2.24, 2.45) is 4.99 Å². The van der Waals surface area contributed by atoms with Gasteiger partial charge in [0.1, 0.15) is 5.82 Å². The fourth-order valence-electron chi connectivity index (χ4n) is 2.19. The molecule has 1 aromatic carbocycles. The third-order valence-electron chi connectivity index (χ3n) is 3.16. The van der Waals surface area contributed by atoms with Crippen molar-refractivity contribution in [1.29, 1.82) is 0 Å². The zero-order chi connectivity index (χ0) is 13.4. The molecule has 1 aromatic heterocycles. The van der Waals surface area contributed by atoms with Gasteiger partial charge in [0, 0.05) is 6.20 Å². The van der Waals surface area contributed by atoms with Crippen LogP contribution in [0.2, 0.25) is 0 Å². The number of nitrogens with zero attached hydrogens (tertiary/aromatic N) is 2. The van der Waals surface area contributed by atoms with Crippen LogP contribution in [0, 0.1) is 12.7 Å². The lowest BCUT2D eigenvalue weighted by molar-refractivity contribution is 0.0999. The first-order valence-electron chi connectivity index (χ1n) is 5.97. The summed E-state index contributed by atoms with van der Waals surface area (Å²) >= 11 is 0. The minimum absolute atomic E-state index is 0.00919. The Kier molecular flexibility index (Phi) is 2.71. The normalized spacial score (nSPS) is 14.0. The molecular formula is C15H11FN2O. The summed E-state index contributed by atoms with van der Waals surface area (Å²) in [4.78, 5) is 20.7. The number of hydrogen-bond donors (Lipinski definition) is 0. The highest BCUT2D eigenvalue weighted by atomic mass is 19.1. The van der Waals surface area contributed by atoms with E-state index in [1.165, 1.54) is 12.1 Å². The number of hydrogen-bond acceptors (Lipinski definition) is 3. The van der Waals surface area contributed by atoms with Crippen molar-refractivity contribution in [3.05, 3.63) is 59.0 Å². The maximum absolute atomic E-state index is 12.9. The number of rotatable bonds is 1. The van der Waals surface area contributed by atoms with Gasteiger partial charge < -0.3 is 0 Å². The van der Waals surface area contributed by atoms with Gasteiger partial charge in [-0.3, -0.25) is 4.79 Å². The van der Waals surface area contributed by atoms with E-state index in [1.54, 1.807) is 24.4 Å².